The first-order valence-corrected chi connectivity index (χ1v) is 19.2. The van der Waals surface area contributed by atoms with E-state index in [0.717, 1.165) is 49.1 Å². The second kappa shape index (κ2) is 14.6. The van der Waals surface area contributed by atoms with Gasteiger partial charge < -0.3 is 15.5 Å². The number of piperidine rings is 1. The summed E-state index contributed by atoms with van der Waals surface area (Å²) >= 11 is 0. The lowest BCUT2D eigenvalue weighted by molar-refractivity contribution is 0.264. The predicted octanol–water partition coefficient (Wildman–Crippen LogP) is 5.07. The van der Waals surface area contributed by atoms with E-state index in [4.69, 9.17) is 4.98 Å². The van der Waals surface area contributed by atoms with Crippen LogP contribution in [-0.2, 0) is 27.4 Å². The number of likely N-dealkylation sites (tertiary alicyclic amines) is 1. The summed E-state index contributed by atoms with van der Waals surface area (Å²) < 4.78 is 40.6. The van der Waals surface area contributed by atoms with Gasteiger partial charge in [0.25, 0.3) is 5.56 Å². The van der Waals surface area contributed by atoms with E-state index >= 15 is 0 Å². The fourth-order valence-electron chi connectivity index (χ4n) is 5.88. The van der Waals surface area contributed by atoms with E-state index in [0.29, 0.717) is 43.9 Å². The Morgan fingerprint density at radius 1 is 0.939 bits per heavy atom. The first-order valence-electron chi connectivity index (χ1n) is 16.2. The number of hydrogen-bond acceptors (Lipinski definition) is 9. The number of nitrogens with one attached hydrogen (secondary N) is 2. The van der Waals surface area contributed by atoms with Crippen molar-refractivity contribution in [2.24, 2.45) is 0 Å². The highest BCUT2D eigenvalue weighted by Crippen LogP contribution is 2.28. The van der Waals surface area contributed by atoms with Crippen LogP contribution in [0.5, 0.6) is 0 Å². The van der Waals surface area contributed by atoms with Gasteiger partial charge in [-0.15, -0.1) is 0 Å². The van der Waals surface area contributed by atoms with Gasteiger partial charge >= 0.3 is 0 Å². The molecule has 0 spiro atoms. The molecular weight excluding hydrogens is 659 g/mol. The van der Waals surface area contributed by atoms with Gasteiger partial charge in [-0.3, -0.25) is 9.36 Å². The Balaban J connectivity index is 1.34. The molecule has 2 aromatic heterocycles. The maximum Gasteiger partial charge on any atom is 0.260 e. The predicted molar refractivity (Wildman–Crippen MR) is 196 cm³/mol. The molecule has 6 rings (SSSR count). The molecule has 49 heavy (non-hydrogen) atoms. The minimum Gasteiger partial charge on any atom is -0.382 e. The number of rotatable bonds is 11. The van der Waals surface area contributed by atoms with Crippen molar-refractivity contribution in [3.05, 3.63) is 101 Å². The van der Waals surface area contributed by atoms with Crippen LogP contribution in [0.1, 0.15) is 18.4 Å². The van der Waals surface area contributed by atoms with E-state index in [9.17, 15) is 17.4 Å². The Bertz CT molecular complexity index is 2150. The zero-order valence-electron chi connectivity index (χ0n) is 28.1. The van der Waals surface area contributed by atoms with Crippen LogP contribution in [0, 0.1) is 6.92 Å². The molecule has 0 aliphatic carbocycles. The van der Waals surface area contributed by atoms with Crippen LogP contribution < -0.4 is 16.2 Å². The number of hydrogen-bond donors (Lipinski definition) is 2. The van der Waals surface area contributed by atoms with Crippen molar-refractivity contribution in [1.29, 1.82) is 0 Å². The molecule has 1 fully saturated rings. The third-order valence-corrected chi connectivity index (χ3v) is 11.6. The maximum absolute atomic E-state index is 14.3. The standard InChI is InChI=1S/C36H41N7O4S2/c1-25-10-15-31(48(45)30-8-6-5-7-9-30)23-32(25)33-22-26-24-37-36(40-34(26)43(35(33)44)21-20-42(3)49(4,46)47)39-28-13-11-27(12-14-28)38-29-16-18-41(2)19-17-29/h5-15,22-24,29,38H,16-21H2,1-4H3,(H,37,39,40). The Morgan fingerprint density at radius 3 is 2.33 bits per heavy atom. The van der Waals surface area contributed by atoms with E-state index in [2.05, 4.69) is 27.6 Å². The third-order valence-electron chi connectivity index (χ3n) is 8.93. The maximum atomic E-state index is 14.3. The van der Waals surface area contributed by atoms with E-state index < -0.39 is 20.8 Å². The van der Waals surface area contributed by atoms with Crippen LogP contribution in [0.15, 0.2) is 99.6 Å². The molecule has 3 aromatic carbocycles. The number of aromatic nitrogens is 3. The summed E-state index contributed by atoms with van der Waals surface area (Å²) in [7, 11) is -1.30. The van der Waals surface area contributed by atoms with Crippen molar-refractivity contribution in [3.63, 3.8) is 0 Å². The molecule has 0 bridgehead atoms. The highest BCUT2D eigenvalue weighted by atomic mass is 32.2. The zero-order chi connectivity index (χ0) is 34.7. The first kappa shape index (κ1) is 34.4. The second-order valence-corrected chi connectivity index (χ2v) is 16.1. The van der Waals surface area contributed by atoms with Crippen molar-refractivity contribution in [1.82, 2.24) is 23.7 Å². The Hall–Kier alpha value is -4.43. The van der Waals surface area contributed by atoms with E-state index in [1.807, 2.05) is 67.6 Å². The summed E-state index contributed by atoms with van der Waals surface area (Å²) in [6.07, 6.45) is 4.98. The summed E-state index contributed by atoms with van der Waals surface area (Å²) in [6.45, 7) is 4.18. The summed E-state index contributed by atoms with van der Waals surface area (Å²) in [5, 5.41) is 7.47. The average Bonchev–Trinajstić information content (AvgIpc) is 3.09. The normalized spacial score (nSPS) is 15.0. The van der Waals surface area contributed by atoms with Crippen LogP contribution >= 0.6 is 0 Å². The fourth-order valence-corrected chi connectivity index (χ4v) is 7.39. The average molecular weight is 700 g/mol. The van der Waals surface area contributed by atoms with Gasteiger partial charge in [-0.1, -0.05) is 24.3 Å². The topological polar surface area (TPSA) is 130 Å². The smallest absolute Gasteiger partial charge is 0.260 e. The van der Waals surface area contributed by atoms with Crippen LogP contribution in [0.3, 0.4) is 0 Å². The van der Waals surface area contributed by atoms with Crippen molar-refractivity contribution < 1.29 is 12.6 Å². The Kier molecular flexibility index (Phi) is 10.3. The molecule has 1 unspecified atom stereocenters. The number of benzene rings is 3. The van der Waals surface area contributed by atoms with Crippen molar-refractivity contribution in [2.45, 2.75) is 42.1 Å². The monoisotopic (exact) mass is 699 g/mol. The molecule has 0 amide bonds. The number of fused-ring (bicyclic) bond motifs is 1. The Morgan fingerprint density at radius 2 is 1.63 bits per heavy atom. The summed E-state index contributed by atoms with van der Waals surface area (Å²) in [5.74, 6) is 0.303. The molecule has 5 aromatic rings. The molecule has 1 atom stereocenters. The second-order valence-electron chi connectivity index (χ2n) is 12.6. The lowest BCUT2D eigenvalue weighted by atomic mass is 10.0. The largest absolute Gasteiger partial charge is 0.382 e. The van der Waals surface area contributed by atoms with Gasteiger partial charge in [-0.25, -0.2) is 21.9 Å². The van der Waals surface area contributed by atoms with E-state index in [1.54, 1.807) is 24.4 Å². The molecule has 11 nitrogen and oxygen atoms in total. The number of likely N-dealkylation sites (N-methyl/N-ethyl adjacent to an activating group) is 1. The van der Waals surface area contributed by atoms with Crippen LogP contribution in [-0.4, -0.2) is 82.4 Å². The number of pyridine rings is 1. The minimum atomic E-state index is -3.48. The lowest BCUT2D eigenvalue weighted by Gasteiger charge is -2.30. The van der Waals surface area contributed by atoms with Crippen LogP contribution in [0.2, 0.25) is 0 Å². The quantitative estimate of drug-likeness (QED) is 0.194. The molecule has 2 N–H and O–H groups in total. The van der Waals surface area contributed by atoms with E-state index in [1.165, 1.54) is 15.9 Å². The van der Waals surface area contributed by atoms with Gasteiger partial charge in [-0.2, -0.15) is 4.98 Å². The molecule has 1 aliphatic heterocycles. The minimum absolute atomic E-state index is 0.0623. The third kappa shape index (κ3) is 8.07. The van der Waals surface area contributed by atoms with Crippen LogP contribution in [0.25, 0.3) is 22.2 Å². The Labute approximate surface area is 289 Å². The van der Waals surface area contributed by atoms with Crippen LogP contribution in [0.4, 0.5) is 17.3 Å². The number of aryl methyl sites for hydroxylation is 1. The highest BCUT2D eigenvalue weighted by Gasteiger charge is 2.20. The van der Waals surface area contributed by atoms with Gasteiger partial charge in [0.2, 0.25) is 16.0 Å². The molecular formula is C36H41N7O4S2. The zero-order valence-corrected chi connectivity index (χ0v) is 29.7. The first-order chi connectivity index (χ1) is 23.5. The van der Waals surface area contributed by atoms with Gasteiger partial charge in [-0.05, 0) is 106 Å². The summed E-state index contributed by atoms with van der Waals surface area (Å²) in [6, 6.07) is 24.8. The number of anilines is 3. The fraction of sp³-hybridized carbons (Fsp3) is 0.306. The van der Waals surface area contributed by atoms with Gasteiger partial charge in [0.1, 0.15) is 5.65 Å². The highest BCUT2D eigenvalue weighted by molar-refractivity contribution is 7.88. The summed E-state index contributed by atoms with van der Waals surface area (Å²) in [4.78, 5) is 27.1. The lowest BCUT2D eigenvalue weighted by Crippen LogP contribution is -2.36. The molecule has 1 saturated heterocycles. The van der Waals surface area contributed by atoms with Gasteiger partial charge in [0.05, 0.1) is 17.1 Å². The summed E-state index contributed by atoms with van der Waals surface area (Å²) in [5.41, 5.74) is 3.71. The molecule has 0 saturated carbocycles. The molecule has 13 heteroatoms. The number of nitrogens with zero attached hydrogens (tertiary/aromatic N) is 5. The molecule has 256 valence electrons. The molecule has 0 radical (unpaired) electrons. The SMILES string of the molecule is Cc1ccc(S(=O)c2ccccc2)cc1-c1cc2cnc(Nc3ccc(NC4CCN(C)CC4)cc3)nc2n(CCN(C)S(C)(=O)=O)c1=O. The van der Waals surface area contributed by atoms with E-state index in [-0.39, 0.29) is 18.6 Å². The van der Waals surface area contributed by atoms with Gasteiger partial charge in [0.15, 0.2) is 0 Å². The van der Waals surface area contributed by atoms with Crippen molar-refractivity contribution >= 4 is 49.2 Å². The van der Waals surface area contributed by atoms with Crippen molar-refractivity contribution in [3.8, 4) is 11.1 Å². The molecule has 3 heterocycles. The van der Waals surface area contributed by atoms with Crippen molar-refractivity contribution in [2.75, 3.05) is 50.6 Å². The van der Waals surface area contributed by atoms with Gasteiger partial charge in [0, 0.05) is 64.5 Å². The molecule has 1 aliphatic rings. The number of sulfonamides is 1.